The minimum atomic E-state index is 0.611. The molecule has 1 aromatic heterocycles. The van der Waals surface area contributed by atoms with E-state index in [1.54, 1.807) is 0 Å². The maximum absolute atomic E-state index is 5.82. The van der Waals surface area contributed by atoms with E-state index in [0.29, 0.717) is 6.73 Å². The number of hydrogen-bond donors (Lipinski definition) is 0. The smallest absolute Gasteiger partial charge is 0.292 e. The molecule has 1 aliphatic heterocycles. The molecule has 1 aliphatic rings. The van der Waals surface area contributed by atoms with Crippen molar-refractivity contribution in [3.05, 3.63) is 47.7 Å². The van der Waals surface area contributed by atoms with Crippen molar-refractivity contribution in [3.63, 3.8) is 0 Å². The molecule has 0 unspecified atom stereocenters. The topological polar surface area (TPSA) is 13.1 Å². The minimum absolute atomic E-state index is 0.611. The molecule has 2 heteroatoms. The Morgan fingerprint density at radius 3 is 2.75 bits per heavy atom. The maximum Gasteiger partial charge on any atom is 0.292 e. The summed E-state index contributed by atoms with van der Waals surface area (Å²) in [6, 6.07) is 12.6. The van der Waals surface area contributed by atoms with E-state index in [-0.39, 0.29) is 0 Å². The third kappa shape index (κ3) is 1.23. The molecule has 0 radical (unpaired) electrons. The molecule has 1 aromatic carbocycles. The van der Waals surface area contributed by atoms with Crippen molar-refractivity contribution in [2.45, 2.75) is 20.6 Å². The molecular formula is C14H14NO+. The highest BCUT2D eigenvalue weighted by atomic mass is 16.5. The number of rotatable bonds is 0. The first-order valence-electron chi connectivity index (χ1n) is 5.49. The van der Waals surface area contributed by atoms with E-state index in [0.717, 1.165) is 5.75 Å². The van der Waals surface area contributed by atoms with E-state index in [1.807, 2.05) is 0 Å². The van der Waals surface area contributed by atoms with Crippen LogP contribution in [0.15, 0.2) is 36.4 Å². The van der Waals surface area contributed by atoms with E-state index < -0.39 is 0 Å². The van der Waals surface area contributed by atoms with Crippen LogP contribution in [-0.2, 0) is 6.73 Å². The molecule has 0 atom stereocenters. The molecule has 3 rings (SSSR count). The number of benzene rings is 1. The summed E-state index contributed by atoms with van der Waals surface area (Å²) in [5.74, 6) is 1.02. The van der Waals surface area contributed by atoms with Crippen LogP contribution in [0.3, 0.4) is 0 Å². The van der Waals surface area contributed by atoms with Crippen LogP contribution in [0.25, 0.3) is 11.3 Å². The molecule has 0 aliphatic carbocycles. The van der Waals surface area contributed by atoms with Gasteiger partial charge in [0, 0.05) is 19.1 Å². The quantitative estimate of drug-likeness (QED) is 0.612. The molecule has 16 heavy (non-hydrogen) atoms. The van der Waals surface area contributed by atoms with Crippen LogP contribution in [0, 0.1) is 13.8 Å². The van der Waals surface area contributed by atoms with Crippen molar-refractivity contribution < 1.29 is 9.30 Å². The Balaban J connectivity index is 2.32. The van der Waals surface area contributed by atoms with Crippen LogP contribution in [-0.4, -0.2) is 0 Å². The fourth-order valence-corrected chi connectivity index (χ4v) is 2.23. The zero-order valence-electron chi connectivity index (χ0n) is 9.53. The minimum Gasteiger partial charge on any atom is -0.435 e. The summed E-state index contributed by atoms with van der Waals surface area (Å²) >= 11 is 0. The summed E-state index contributed by atoms with van der Waals surface area (Å²) in [5, 5.41) is 0. The number of aromatic nitrogens is 1. The third-order valence-electron chi connectivity index (χ3n) is 3.13. The highest BCUT2D eigenvalue weighted by Gasteiger charge is 2.25. The highest BCUT2D eigenvalue weighted by molar-refractivity contribution is 5.67. The number of fused-ring (bicyclic) bond motifs is 3. The van der Waals surface area contributed by atoms with Crippen LogP contribution in [0.2, 0.25) is 0 Å². The van der Waals surface area contributed by atoms with Gasteiger partial charge in [-0.25, -0.2) is 0 Å². The molecule has 0 bridgehead atoms. The fraction of sp³-hybridized carbons (Fsp3) is 0.214. The summed E-state index contributed by atoms with van der Waals surface area (Å²) in [6.45, 7) is 4.80. The zero-order valence-corrected chi connectivity index (χ0v) is 9.53. The summed E-state index contributed by atoms with van der Waals surface area (Å²) in [4.78, 5) is 0. The number of pyridine rings is 1. The van der Waals surface area contributed by atoms with Gasteiger partial charge in [0.2, 0.25) is 5.69 Å². The summed E-state index contributed by atoms with van der Waals surface area (Å²) < 4.78 is 8.02. The van der Waals surface area contributed by atoms with E-state index in [9.17, 15) is 0 Å². The van der Waals surface area contributed by atoms with Gasteiger partial charge in [-0.2, -0.15) is 4.57 Å². The molecule has 0 saturated carbocycles. The number of para-hydroxylation sites is 1. The highest BCUT2D eigenvalue weighted by Crippen LogP contribution is 2.33. The predicted molar refractivity (Wildman–Crippen MR) is 62.2 cm³/mol. The standard InChI is InChI=1S/C14H14NO/c1-10-5-3-7-12-13-8-4-6-11(2)15(13)9-16-14(10)12/h3-8H,9H2,1-2H3/q+1. The Labute approximate surface area is 95.1 Å². The second-order valence-corrected chi connectivity index (χ2v) is 4.21. The molecule has 0 N–H and O–H groups in total. The van der Waals surface area contributed by atoms with E-state index in [1.165, 1.54) is 22.5 Å². The number of hydrogen-bond acceptors (Lipinski definition) is 1. The monoisotopic (exact) mass is 212 g/mol. The van der Waals surface area contributed by atoms with Crippen molar-refractivity contribution in [2.75, 3.05) is 0 Å². The average molecular weight is 212 g/mol. The largest absolute Gasteiger partial charge is 0.435 e. The van der Waals surface area contributed by atoms with Gasteiger partial charge in [0.1, 0.15) is 5.75 Å². The van der Waals surface area contributed by atoms with Crippen molar-refractivity contribution in [1.82, 2.24) is 0 Å². The average Bonchev–Trinajstić information content (AvgIpc) is 2.30. The summed E-state index contributed by atoms with van der Waals surface area (Å²) in [7, 11) is 0. The lowest BCUT2D eigenvalue weighted by atomic mass is 10.0. The fourth-order valence-electron chi connectivity index (χ4n) is 2.23. The van der Waals surface area contributed by atoms with Gasteiger partial charge in [-0.05, 0) is 24.6 Å². The van der Waals surface area contributed by atoms with Crippen molar-refractivity contribution in [2.24, 2.45) is 0 Å². The predicted octanol–water partition coefficient (Wildman–Crippen LogP) is 2.61. The summed E-state index contributed by atoms with van der Waals surface area (Å²) in [6.07, 6.45) is 0. The van der Waals surface area contributed by atoms with Crippen LogP contribution in [0.5, 0.6) is 5.75 Å². The molecule has 2 aromatic rings. The Morgan fingerprint density at radius 2 is 1.88 bits per heavy atom. The number of aryl methyl sites for hydroxylation is 2. The first-order chi connectivity index (χ1) is 7.77. The molecule has 0 fully saturated rings. The van der Waals surface area contributed by atoms with E-state index >= 15 is 0 Å². The number of ether oxygens (including phenoxy) is 1. The Morgan fingerprint density at radius 1 is 1.06 bits per heavy atom. The lowest BCUT2D eigenvalue weighted by molar-refractivity contribution is -0.722. The van der Waals surface area contributed by atoms with Gasteiger partial charge in [-0.1, -0.05) is 12.1 Å². The second-order valence-electron chi connectivity index (χ2n) is 4.21. The Hall–Kier alpha value is -1.83. The lowest BCUT2D eigenvalue weighted by Gasteiger charge is -2.18. The molecule has 0 amide bonds. The van der Waals surface area contributed by atoms with Gasteiger partial charge in [0.05, 0.1) is 5.56 Å². The van der Waals surface area contributed by atoms with E-state index in [4.69, 9.17) is 4.74 Å². The summed E-state index contributed by atoms with van der Waals surface area (Å²) in [5.41, 5.74) is 4.86. The molecule has 2 heterocycles. The van der Waals surface area contributed by atoms with Crippen molar-refractivity contribution in [1.29, 1.82) is 0 Å². The lowest BCUT2D eigenvalue weighted by Crippen LogP contribution is -2.44. The van der Waals surface area contributed by atoms with Crippen LogP contribution in [0.1, 0.15) is 11.3 Å². The van der Waals surface area contributed by atoms with Crippen molar-refractivity contribution in [3.8, 4) is 17.0 Å². The van der Waals surface area contributed by atoms with Gasteiger partial charge in [0.15, 0.2) is 5.69 Å². The molecule has 2 nitrogen and oxygen atoms in total. The second kappa shape index (κ2) is 3.34. The van der Waals surface area contributed by atoms with Gasteiger partial charge >= 0.3 is 0 Å². The maximum atomic E-state index is 5.82. The first kappa shape index (κ1) is 9.40. The van der Waals surface area contributed by atoms with Crippen LogP contribution in [0.4, 0.5) is 0 Å². The molecular weight excluding hydrogens is 198 g/mol. The van der Waals surface area contributed by atoms with Gasteiger partial charge in [-0.3, -0.25) is 0 Å². The SMILES string of the molecule is Cc1cccc2c1OC[n+]1c(C)cccc1-2. The molecule has 80 valence electrons. The van der Waals surface area contributed by atoms with Crippen LogP contribution >= 0.6 is 0 Å². The van der Waals surface area contributed by atoms with Gasteiger partial charge < -0.3 is 4.74 Å². The Kier molecular flexibility index (Phi) is 1.96. The Bertz CT molecular complexity index is 509. The van der Waals surface area contributed by atoms with Gasteiger partial charge in [-0.15, -0.1) is 0 Å². The normalized spacial score (nSPS) is 12.6. The van der Waals surface area contributed by atoms with Crippen LogP contribution < -0.4 is 9.30 Å². The zero-order chi connectivity index (χ0) is 11.1. The molecule has 0 saturated heterocycles. The molecule has 0 spiro atoms. The van der Waals surface area contributed by atoms with E-state index in [2.05, 4.69) is 54.8 Å². The van der Waals surface area contributed by atoms with Gasteiger partial charge in [0.25, 0.3) is 6.73 Å². The third-order valence-corrected chi connectivity index (χ3v) is 3.13. The number of nitrogens with zero attached hydrogens (tertiary/aromatic N) is 1. The first-order valence-corrected chi connectivity index (χ1v) is 5.49. The van der Waals surface area contributed by atoms with Crippen molar-refractivity contribution >= 4 is 0 Å².